The Balaban J connectivity index is 1.46. The molecular weight excluding hydrogens is 422 g/mol. The van der Waals surface area contributed by atoms with Gasteiger partial charge in [0.15, 0.2) is 0 Å². The van der Waals surface area contributed by atoms with Gasteiger partial charge >= 0.3 is 0 Å². The summed E-state index contributed by atoms with van der Waals surface area (Å²) < 4.78 is 4.49. The fraction of sp³-hybridized carbons (Fsp3) is 0.370. The molecular formula is C27H29N7. The first-order valence-corrected chi connectivity index (χ1v) is 12.1. The van der Waals surface area contributed by atoms with Crippen molar-refractivity contribution in [2.45, 2.75) is 32.6 Å². The number of H-pyrrole nitrogens is 1. The Kier molecular flexibility index (Phi) is 3.99. The second-order valence-corrected chi connectivity index (χ2v) is 10.4. The first-order valence-electron chi connectivity index (χ1n) is 12.1. The van der Waals surface area contributed by atoms with E-state index in [2.05, 4.69) is 82.9 Å². The SMILES string of the molecule is Cc1ccc2[nH]ncc2c1-c1c(-c2ccc3c(c2)nc(C)n3C)nc(C2CC3(CNC3)C2)n1C. The van der Waals surface area contributed by atoms with Gasteiger partial charge in [-0.15, -0.1) is 0 Å². The maximum Gasteiger partial charge on any atom is 0.112 e. The van der Waals surface area contributed by atoms with Crippen molar-refractivity contribution in [3.05, 3.63) is 53.7 Å². The second kappa shape index (κ2) is 6.79. The van der Waals surface area contributed by atoms with Crippen molar-refractivity contribution in [1.29, 1.82) is 0 Å². The molecule has 3 aromatic heterocycles. The summed E-state index contributed by atoms with van der Waals surface area (Å²) in [5, 5.41) is 12.1. The summed E-state index contributed by atoms with van der Waals surface area (Å²) in [6.07, 6.45) is 4.38. The Morgan fingerprint density at radius 3 is 2.59 bits per heavy atom. The molecule has 1 saturated carbocycles. The average molecular weight is 452 g/mol. The fourth-order valence-electron chi connectivity index (χ4n) is 6.21. The van der Waals surface area contributed by atoms with Crippen molar-refractivity contribution in [2.75, 3.05) is 13.1 Å². The lowest BCUT2D eigenvalue weighted by atomic mass is 9.58. The molecule has 2 aliphatic rings. The Bertz CT molecular complexity index is 1590. The number of benzene rings is 2. The number of aryl methyl sites for hydroxylation is 3. The molecule has 4 heterocycles. The van der Waals surface area contributed by atoms with Crippen molar-refractivity contribution < 1.29 is 0 Å². The first kappa shape index (κ1) is 20.0. The summed E-state index contributed by atoms with van der Waals surface area (Å²) in [7, 11) is 4.26. The van der Waals surface area contributed by atoms with Gasteiger partial charge in [0.1, 0.15) is 11.6 Å². The Morgan fingerprint density at radius 2 is 1.82 bits per heavy atom. The van der Waals surface area contributed by atoms with Crippen LogP contribution in [0.2, 0.25) is 0 Å². The Hall–Kier alpha value is -3.45. The Labute approximate surface area is 198 Å². The molecule has 7 nitrogen and oxygen atoms in total. The third-order valence-corrected chi connectivity index (χ3v) is 8.30. The van der Waals surface area contributed by atoms with Crippen molar-refractivity contribution in [3.8, 4) is 22.5 Å². The minimum Gasteiger partial charge on any atom is -0.331 e. The monoisotopic (exact) mass is 451 g/mol. The number of rotatable bonds is 3. The molecule has 2 N–H and O–H groups in total. The second-order valence-electron chi connectivity index (χ2n) is 10.4. The molecule has 34 heavy (non-hydrogen) atoms. The van der Waals surface area contributed by atoms with Gasteiger partial charge in [-0.3, -0.25) is 5.10 Å². The maximum absolute atomic E-state index is 5.35. The zero-order chi connectivity index (χ0) is 23.2. The number of fused-ring (bicyclic) bond motifs is 2. The molecule has 1 spiro atoms. The quantitative estimate of drug-likeness (QED) is 0.420. The zero-order valence-corrected chi connectivity index (χ0v) is 20.1. The van der Waals surface area contributed by atoms with Gasteiger partial charge in [0.25, 0.3) is 0 Å². The molecule has 0 amide bonds. The first-order chi connectivity index (χ1) is 16.4. The molecule has 0 bridgehead atoms. The molecule has 2 fully saturated rings. The van der Waals surface area contributed by atoms with Crippen LogP contribution in [0.3, 0.4) is 0 Å². The highest BCUT2D eigenvalue weighted by atomic mass is 15.1. The van der Waals surface area contributed by atoms with Crippen LogP contribution in [0.15, 0.2) is 36.5 Å². The largest absolute Gasteiger partial charge is 0.331 e. The fourth-order valence-corrected chi connectivity index (χ4v) is 6.21. The van der Waals surface area contributed by atoms with E-state index in [9.17, 15) is 0 Å². The minimum atomic E-state index is 0.502. The van der Waals surface area contributed by atoms with E-state index in [-0.39, 0.29) is 0 Å². The van der Waals surface area contributed by atoms with Gasteiger partial charge in [-0.1, -0.05) is 12.1 Å². The van der Waals surface area contributed by atoms with Gasteiger partial charge in [0, 0.05) is 49.6 Å². The van der Waals surface area contributed by atoms with Gasteiger partial charge in [0.2, 0.25) is 0 Å². The summed E-state index contributed by atoms with van der Waals surface area (Å²) in [4.78, 5) is 10.1. The van der Waals surface area contributed by atoms with Crippen LogP contribution < -0.4 is 5.32 Å². The molecule has 172 valence electrons. The van der Waals surface area contributed by atoms with Crippen LogP contribution >= 0.6 is 0 Å². The van der Waals surface area contributed by atoms with Crippen LogP contribution in [0.4, 0.5) is 0 Å². The third-order valence-electron chi connectivity index (χ3n) is 8.30. The molecule has 1 aliphatic carbocycles. The standard InChI is InChI=1S/C27H29N7/c1-15-5-7-20-19(12-29-32-20)23(15)25-24(17-6-8-22-21(9-17)30-16(2)33(22)3)31-26(34(25)4)18-10-27(11-18)13-28-14-27/h5-9,12,18,28H,10-11,13-14H2,1-4H3,(H,29,32). The highest BCUT2D eigenvalue weighted by Crippen LogP contribution is 2.54. The van der Waals surface area contributed by atoms with Crippen molar-refractivity contribution in [1.82, 2.24) is 34.6 Å². The Morgan fingerprint density at radius 1 is 1.00 bits per heavy atom. The maximum atomic E-state index is 5.35. The number of imidazole rings is 2. The minimum absolute atomic E-state index is 0.502. The van der Waals surface area contributed by atoms with Crippen LogP contribution in [-0.2, 0) is 14.1 Å². The molecule has 7 heteroatoms. The van der Waals surface area contributed by atoms with Gasteiger partial charge < -0.3 is 14.5 Å². The smallest absolute Gasteiger partial charge is 0.112 e. The molecule has 2 aromatic carbocycles. The third kappa shape index (κ3) is 2.64. The van der Waals surface area contributed by atoms with E-state index in [0.717, 1.165) is 52.1 Å². The summed E-state index contributed by atoms with van der Waals surface area (Å²) in [5.74, 6) is 2.71. The summed E-state index contributed by atoms with van der Waals surface area (Å²) in [6.45, 7) is 6.53. The van der Waals surface area contributed by atoms with E-state index in [1.54, 1.807) is 0 Å². The number of hydrogen-bond donors (Lipinski definition) is 2. The van der Waals surface area contributed by atoms with E-state index >= 15 is 0 Å². The van der Waals surface area contributed by atoms with Gasteiger partial charge in [-0.2, -0.15) is 5.10 Å². The van der Waals surface area contributed by atoms with Crippen molar-refractivity contribution >= 4 is 21.9 Å². The van der Waals surface area contributed by atoms with Crippen molar-refractivity contribution in [3.63, 3.8) is 0 Å². The number of nitrogens with one attached hydrogen (secondary N) is 2. The van der Waals surface area contributed by atoms with Crippen molar-refractivity contribution in [2.24, 2.45) is 19.5 Å². The number of aromatic amines is 1. The number of aromatic nitrogens is 6. The van der Waals surface area contributed by atoms with E-state index in [1.165, 1.54) is 35.5 Å². The predicted octanol–water partition coefficient (Wildman–Crippen LogP) is 4.60. The molecule has 5 aromatic rings. The van der Waals surface area contributed by atoms with E-state index in [4.69, 9.17) is 9.97 Å². The zero-order valence-electron chi connectivity index (χ0n) is 20.1. The molecule has 7 rings (SSSR count). The molecule has 0 unspecified atom stereocenters. The van der Waals surface area contributed by atoms with Crippen LogP contribution in [0.5, 0.6) is 0 Å². The van der Waals surface area contributed by atoms with E-state index in [1.807, 2.05) is 6.20 Å². The lowest BCUT2D eigenvalue weighted by molar-refractivity contribution is 0.0321. The lowest BCUT2D eigenvalue weighted by Crippen LogP contribution is -2.59. The van der Waals surface area contributed by atoms with E-state index in [0.29, 0.717) is 11.3 Å². The molecule has 0 atom stereocenters. The van der Waals surface area contributed by atoms with Gasteiger partial charge in [0.05, 0.1) is 34.1 Å². The molecule has 1 saturated heterocycles. The summed E-state index contributed by atoms with van der Waals surface area (Å²) in [5.41, 5.74) is 9.46. The normalized spacial score (nSPS) is 17.5. The van der Waals surface area contributed by atoms with E-state index < -0.39 is 0 Å². The molecule has 1 aliphatic heterocycles. The summed E-state index contributed by atoms with van der Waals surface area (Å²) in [6, 6.07) is 10.9. The highest BCUT2D eigenvalue weighted by molar-refractivity contribution is 5.99. The topological polar surface area (TPSA) is 76.3 Å². The van der Waals surface area contributed by atoms with Crippen LogP contribution in [0, 0.1) is 19.3 Å². The van der Waals surface area contributed by atoms with Gasteiger partial charge in [-0.05, 0) is 55.9 Å². The predicted molar refractivity (Wildman–Crippen MR) is 135 cm³/mol. The number of hydrogen-bond acceptors (Lipinski definition) is 4. The van der Waals surface area contributed by atoms with Crippen LogP contribution in [0.1, 0.15) is 36.0 Å². The average Bonchev–Trinajstić information content (AvgIpc) is 3.44. The van der Waals surface area contributed by atoms with Crippen LogP contribution in [0.25, 0.3) is 44.5 Å². The molecule has 0 radical (unpaired) electrons. The summed E-state index contributed by atoms with van der Waals surface area (Å²) >= 11 is 0. The van der Waals surface area contributed by atoms with Gasteiger partial charge in [-0.25, -0.2) is 9.97 Å². The number of nitrogens with zero attached hydrogens (tertiary/aromatic N) is 5. The highest BCUT2D eigenvalue weighted by Gasteiger charge is 2.50. The lowest BCUT2D eigenvalue weighted by Gasteiger charge is -2.54. The van der Waals surface area contributed by atoms with Crippen LogP contribution in [-0.4, -0.2) is 42.4 Å².